The Hall–Kier alpha value is -2.58. The average Bonchev–Trinajstić information content (AvgIpc) is 2.85. The van der Waals surface area contributed by atoms with Crippen LogP contribution < -0.4 is 5.73 Å². The van der Waals surface area contributed by atoms with Crippen LogP contribution >= 0.6 is 15.9 Å². The van der Waals surface area contributed by atoms with Crippen molar-refractivity contribution in [1.29, 1.82) is 5.26 Å². The maximum absolute atomic E-state index is 9.40. The predicted molar refractivity (Wildman–Crippen MR) is 85.8 cm³/mol. The molecule has 0 amide bonds. The van der Waals surface area contributed by atoms with Crippen LogP contribution in [0.2, 0.25) is 0 Å². The number of rotatable bonds is 2. The molecule has 4 nitrogen and oxygen atoms in total. The molecule has 0 aliphatic heterocycles. The second-order valence-electron chi connectivity index (χ2n) is 4.45. The third-order valence-electron chi connectivity index (χ3n) is 3.16. The first-order valence-corrected chi connectivity index (χ1v) is 7.10. The summed E-state index contributed by atoms with van der Waals surface area (Å²) in [5, 5.41) is 13.9. The fraction of sp³-hybridized carbons (Fsp3) is 0. The lowest BCUT2D eigenvalue weighted by molar-refractivity contribution is 0.890. The van der Waals surface area contributed by atoms with Crippen LogP contribution in [0.25, 0.3) is 16.9 Å². The number of para-hydroxylation sites is 1. The summed E-state index contributed by atoms with van der Waals surface area (Å²) in [6, 6.07) is 19.3. The molecule has 0 unspecified atom stereocenters. The lowest BCUT2D eigenvalue weighted by Crippen LogP contribution is -2.03. The van der Waals surface area contributed by atoms with Gasteiger partial charge < -0.3 is 5.73 Å². The fourth-order valence-corrected chi connectivity index (χ4v) is 2.60. The Bertz CT molecular complexity index is 831. The number of nitrogens with two attached hydrogens (primary N) is 1. The van der Waals surface area contributed by atoms with Crippen molar-refractivity contribution < 1.29 is 0 Å². The van der Waals surface area contributed by atoms with E-state index in [0.29, 0.717) is 17.1 Å². The van der Waals surface area contributed by atoms with E-state index in [-0.39, 0.29) is 0 Å². The molecule has 0 spiro atoms. The molecule has 0 fully saturated rings. The maximum atomic E-state index is 9.40. The quantitative estimate of drug-likeness (QED) is 0.773. The smallest absolute Gasteiger partial charge is 0.145 e. The van der Waals surface area contributed by atoms with Crippen molar-refractivity contribution in [2.75, 3.05) is 5.73 Å². The zero-order chi connectivity index (χ0) is 14.8. The van der Waals surface area contributed by atoms with Crippen LogP contribution in [0.15, 0.2) is 59.1 Å². The average molecular weight is 339 g/mol. The van der Waals surface area contributed by atoms with E-state index in [1.54, 1.807) is 4.68 Å². The highest BCUT2D eigenvalue weighted by Gasteiger charge is 2.18. The van der Waals surface area contributed by atoms with Crippen molar-refractivity contribution in [3.8, 4) is 23.0 Å². The molecule has 0 aliphatic carbocycles. The van der Waals surface area contributed by atoms with Crippen LogP contribution in [0.4, 0.5) is 5.82 Å². The molecule has 2 aromatic carbocycles. The summed E-state index contributed by atoms with van der Waals surface area (Å²) in [6.07, 6.45) is 0. The Labute approximate surface area is 130 Å². The Morgan fingerprint density at radius 1 is 1.05 bits per heavy atom. The van der Waals surface area contributed by atoms with Gasteiger partial charge in [0.1, 0.15) is 23.1 Å². The van der Waals surface area contributed by atoms with Crippen molar-refractivity contribution in [3.05, 3.63) is 64.6 Å². The molecule has 5 heteroatoms. The van der Waals surface area contributed by atoms with Crippen molar-refractivity contribution in [2.24, 2.45) is 0 Å². The van der Waals surface area contributed by atoms with E-state index < -0.39 is 0 Å². The highest BCUT2D eigenvalue weighted by Crippen LogP contribution is 2.30. The molecule has 1 aromatic heterocycles. The van der Waals surface area contributed by atoms with E-state index >= 15 is 0 Å². The molecule has 0 atom stereocenters. The second kappa shape index (κ2) is 5.43. The van der Waals surface area contributed by atoms with Crippen LogP contribution in [0.3, 0.4) is 0 Å². The molecule has 0 saturated heterocycles. The van der Waals surface area contributed by atoms with Crippen LogP contribution in [0, 0.1) is 11.3 Å². The van der Waals surface area contributed by atoms with E-state index in [2.05, 4.69) is 27.1 Å². The number of aromatic nitrogens is 2. The van der Waals surface area contributed by atoms with Crippen molar-refractivity contribution >= 4 is 21.7 Å². The van der Waals surface area contributed by atoms with Gasteiger partial charge in [-0.15, -0.1) is 0 Å². The molecule has 3 aromatic rings. The normalized spacial score (nSPS) is 10.3. The van der Waals surface area contributed by atoms with Gasteiger partial charge in [-0.1, -0.05) is 42.5 Å². The van der Waals surface area contributed by atoms with E-state index in [0.717, 1.165) is 15.7 Å². The number of nitrogens with zero attached hydrogens (tertiary/aromatic N) is 3. The molecule has 0 bridgehead atoms. The van der Waals surface area contributed by atoms with Crippen molar-refractivity contribution in [3.63, 3.8) is 0 Å². The van der Waals surface area contributed by atoms with Gasteiger partial charge in [0.15, 0.2) is 0 Å². The first-order chi connectivity index (χ1) is 10.2. The lowest BCUT2D eigenvalue weighted by Gasteiger charge is -2.05. The summed E-state index contributed by atoms with van der Waals surface area (Å²) in [7, 11) is 0. The number of benzene rings is 2. The van der Waals surface area contributed by atoms with Gasteiger partial charge in [-0.25, -0.2) is 4.68 Å². The number of nitriles is 1. The minimum absolute atomic E-state index is 0.336. The molecular formula is C16H11BrN4. The summed E-state index contributed by atoms with van der Waals surface area (Å²) in [5.74, 6) is 0.336. The van der Waals surface area contributed by atoms with E-state index in [9.17, 15) is 5.26 Å². The van der Waals surface area contributed by atoms with Crippen LogP contribution in [0.5, 0.6) is 0 Å². The number of halogens is 1. The van der Waals surface area contributed by atoms with Gasteiger partial charge >= 0.3 is 0 Å². The monoisotopic (exact) mass is 338 g/mol. The molecule has 0 aliphatic rings. The zero-order valence-corrected chi connectivity index (χ0v) is 12.6. The Morgan fingerprint density at radius 2 is 1.71 bits per heavy atom. The van der Waals surface area contributed by atoms with Crippen LogP contribution in [-0.2, 0) is 0 Å². The van der Waals surface area contributed by atoms with E-state index in [4.69, 9.17) is 5.73 Å². The summed E-state index contributed by atoms with van der Waals surface area (Å²) in [5.41, 5.74) is 8.75. The molecular weight excluding hydrogens is 328 g/mol. The minimum Gasteiger partial charge on any atom is -0.382 e. The van der Waals surface area contributed by atoms with E-state index in [1.165, 1.54) is 0 Å². The highest BCUT2D eigenvalue weighted by molar-refractivity contribution is 9.10. The molecule has 2 N–H and O–H groups in total. The Morgan fingerprint density at radius 3 is 2.38 bits per heavy atom. The number of hydrogen-bond acceptors (Lipinski definition) is 3. The standard InChI is InChI=1S/C16H11BrN4/c17-13-8-4-5-9-14(13)21-16(19)12(10-18)15(20-21)11-6-2-1-3-7-11/h1-9H,19H2. The van der Waals surface area contributed by atoms with Gasteiger partial charge in [-0.3, -0.25) is 0 Å². The predicted octanol–water partition coefficient (Wildman–Crippen LogP) is 3.76. The van der Waals surface area contributed by atoms with Gasteiger partial charge in [-0.2, -0.15) is 10.4 Å². The third-order valence-corrected chi connectivity index (χ3v) is 3.83. The molecule has 0 radical (unpaired) electrons. The molecule has 21 heavy (non-hydrogen) atoms. The first kappa shape index (κ1) is 13.4. The Kier molecular flexibility index (Phi) is 3.46. The van der Waals surface area contributed by atoms with Crippen molar-refractivity contribution in [2.45, 2.75) is 0 Å². The van der Waals surface area contributed by atoms with Gasteiger partial charge in [-0.05, 0) is 28.1 Å². The molecule has 3 rings (SSSR count). The third kappa shape index (κ3) is 2.30. The van der Waals surface area contributed by atoms with Gasteiger partial charge in [0, 0.05) is 10.0 Å². The summed E-state index contributed by atoms with van der Waals surface area (Å²) >= 11 is 3.48. The number of hydrogen-bond donors (Lipinski definition) is 1. The zero-order valence-electron chi connectivity index (χ0n) is 11.0. The van der Waals surface area contributed by atoms with Crippen LogP contribution in [0.1, 0.15) is 5.56 Å². The molecule has 0 saturated carbocycles. The topological polar surface area (TPSA) is 67.6 Å². The van der Waals surface area contributed by atoms with Gasteiger partial charge in [0.2, 0.25) is 0 Å². The largest absolute Gasteiger partial charge is 0.382 e. The first-order valence-electron chi connectivity index (χ1n) is 6.31. The van der Waals surface area contributed by atoms with E-state index in [1.807, 2.05) is 54.6 Å². The molecule has 1 heterocycles. The lowest BCUT2D eigenvalue weighted by atomic mass is 10.1. The highest BCUT2D eigenvalue weighted by atomic mass is 79.9. The summed E-state index contributed by atoms with van der Waals surface area (Å²) in [4.78, 5) is 0. The maximum Gasteiger partial charge on any atom is 0.145 e. The Balaban J connectivity index is 2.25. The summed E-state index contributed by atoms with van der Waals surface area (Å²) in [6.45, 7) is 0. The van der Waals surface area contributed by atoms with Gasteiger partial charge in [0.25, 0.3) is 0 Å². The van der Waals surface area contributed by atoms with Gasteiger partial charge in [0.05, 0.1) is 5.69 Å². The SMILES string of the molecule is N#Cc1c(-c2ccccc2)nn(-c2ccccc2Br)c1N. The fourth-order valence-electron chi connectivity index (χ4n) is 2.15. The van der Waals surface area contributed by atoms with Crippen LogP contribution in [-0.4, -0.2) is 9.78 Å². The minimum atomic E-state index is 0.336. The number of anilines is 1. The second-order valence-corrected chi connectivity index (χ2v) is 5.30. The number of nitrogen functional groups attached to an aromatic ring is 1. The van der Waals surface area contributed by atoms with Crippen molar-refractivity contribution in [1.82, 2.24) is 9.78 Å². The molecule has 102 valence electrons. The summed E-state index contributed by atoms with van der Waals surface area (Å²) < 4.78 is 2.45.